The van der Waals surface area contributed by atoms with Gasteiger partial charge in [-0.1, -0.05) is 6.07 Å². The van der Waals surface area contributed by atoms with Crippen molar-refractivity contribution in [3.8, 4) is 5.75 Å². The number of ether oxygens (including phenoxy) is 1. The summed E-state index contributed by atoms with van der Waals surface area (Å²) in [6.07, 6.45) is 0. The van der Waals surface area contributed by atoms with E-state index in [0.29, 0.717) is 22.8 Å². The molecule has 3 aromatic rings. The largest absolute Gasteiger partial charge is 0.494 e. The van der Waals surface area contributed by atoms with Gasteiger partial charge in [0.1, 0.15) is 11.4 Å². The highest BCUT2D eigenvalue weighted by molar-refractivity contribution is 7.89. The Labute approximate surface area is 167 Å². The van der Waals surface area contributed by atoms with Crippen molar-refractivity contribution in [3.63, 3.8) is 0 Å². The van der Waals surface area contributed by atoms with E-state index >= 15 is 0 Å². The normalized spacial score (nSPS) is 14.0. The van der Waals surface area contributed by atoms with Crippen molar-refractivity contribution >= 4 is 32.7 Å². The first-order valence-electron chi connectivity index (χ1n) is 8.39. The molecule has 3 rings (SSSR count). The van der Waals surface area contributed by atoms with Gasteiger partial charge < -0.3 is 9.84 Å². The van der Waals surface area contributed by atoms with Crippen LogP contribution in [0.4, 0.5) is 0 Å². The molecule has 0 fully saturated rings. The molecule has 0 saturated heterocycles. The minimum Gasteiger partial charge on any atom is -0.494 e. The number of hydrogen-bond acceptors (Lipinski definition) is 6. The van der Waals surface area contributed by atoms with Crippen LogP contribution in [-0.4, -0.2) is 26.7 Å². The Morgan fingerprint density at radius 3 is 2.63 bits per heavy atom. The Bertz CT molecular complexity index is 946. The summed E-state index contributed by atoms with van der Waals surface area (Å²) in [6.45, 7) is 4.04. The summed E-state index contributed by atoms with van der Waals surface area (Å²) in [4.78, 5) is 0.828. The third kappa shape index (κ3) is 4.25. The third-order valence-electron chi connectivity index (χ3n) is 4.20. The number of aliphatic hydroxyl groups is 1. The molecule has 2 aromatic heterocycles. The van der Waals surface area contributed by atoms with Gasteiger partial charge in [0.25, 0.3) is 0 Å². The highest BCUT2D eigenvalue weighted by atomic mass is 32.2. The quantitative estimate of drug-likeness (QED) is 0.579. The van der Waals surface area contributed by atoms with E-state index in [1.54, 1.807) is 31.2 Å². The van der Waals surface area contributed by atoms with Crippen molar-refractivity contribution in [1.82, 2.24) is 4.72 Å². The second-order valence-corrected chi connectivity index (χ2v) is 9.53. The van der Waals surface area contributed by atoms with E-state index in [2.05, 4.69) is 4.72 Å². The Morgan fingerprint density at radius 1 is 1.22 bits per heavy atom. The molecule has 27 heavy (non-hydrogen) atoms. The summed E-state index contributed by atoms with van der Waals surface area (Å²) in [5.74, 6) is 0.657. The topological polar surface area (TPSA) is 75.6 Å². The summed E-state index contributed by atoms with van der Waals surface area (Å²) in [7, 11) is -3.79. The second-order valence-electron chi connectivity index (χ2n) is 6.03. The van der Waals surface area contributed by atoms with E-state index in [4.69, 9.17) is 4.74 Å². The summed E-state index contributed by atoms with van der Waals surface area (Å²) in [6, 6.07) is 10.2. The molecule has 0 radical (unpaired) electrons. The fourth-order valence-electron chi connectivity index (χ4n) is 2.73. The number of thiophene rings is 2. The van der Waals surface area contributed by atoms with Gasteiger partial charge in [-0.05, 0) is 65.9 Å². The minimum absolute atomic E-state index is 0.141. The maximum Gasteiger partial charge on any atom is 0.240 e. The lowest BCUT2D eigenvalue weighted by atomic mass is 9.95. The molecule has 144 valence electrons. The summed E-state index contributed by atoms with van der Waals surface area (Å²) >= 11 is 2.84. The van der Waals surface area contributed by atoms with E-state index in [1.165, 1.54) is 28.7 Å². The predicted octanol–water partition coefficient (Wildman–Crippen LogP) is 3.73. The molecule has 0 aliphatic carbocycles. The number of benzene rings is 1. The molecule has 0 amide bonds. The smallest absolute Gasteiger partial charge is 0.240 e. The van der Waals surface area contributed by atoms with E-state index in [9.17, 15) is 13.5 Å². The fraction of sp³-hybridized carbons (Fsp3) is 0.263. The second kappa shape index (κ2) is 8.12. The molecule has 1 aromatic carbocycles. The van der Waals surface area contributed by atoms with Gasteiger partial charge in [-0.15, -0.1) is 11.3 Å². The van der Waals surface area contributed by atoms with Crippen LogP contribution in [0.3, 0.4) is 0 Å². The van der Waals surface area contributed by atoms with Gasteiger partial charge in [-0.25, -0.2) is 13.1 Å². The van der Waals surface area contributed by atoms with Gasteiger partial charge in [-0.2, -0.15) is 11.3 Å². The van der Waals surface area contributed by atoms with Crippen LogP contribution in [0.5, 0.6) is 5.75 Å². The maximum atomic E-state index is 12.8. The molecular formula is C19H21NO4S3. The average Bonchev–Trinajstić information content (AvgIpc) is 3.35. The highest BCUT2D eigenvalue weighted by Crippen LogP contribution is 2.34. The van der Waals surface area contributed by atoms with Gasteiger partial charge >= 0.3 is 0 Å². The Balaban J connectivity index is 1.86. The number of nitrogens with one attached hydrogen (secondary N) is 1. The highest BCUT2D eigenvalue weighted by Gasteiger charge is 2.34. The summed E-state index contributed by atoms with van der Waals surface area (Å²) in [5, 5.41) is 16.8. The zero-order valence-electron chi connectivity index (χ0n) is 15.0. The van der Waals surface area contributed by atoms with Crippen molar-refractivity contribution in [3.05, 3.63) is 68.5 Å². The first-order valence-corrected chi connectivity index (χ1v) is 11.7. The van der Waals surface area contributed by atoms with Crippen LogP contribution >= 0.6 is 22.7 Å². The van der Waals surface area contributed by atoms with Gasteiger partial charge in [0.05, 0.1) is 11.5 Å². The first-order chi connectivity index (χ1) is 12.9. The zero-order valence-corrected chi connectivity index (χ0v) is 17.5. The van der Waals surface area contributed by atoms with Crippen LogP contribution in [0, 0.1) is 6.92 Å². The number of aryl methyl sites for hydroxylation is 1. The third-order valence-corrected chi connectivity index (χ3v) is 7.31. The van der Waals surface area contributed by atoms with E-state index < -0.39 is 15.6 Å². The van der Waals surface area contributed by atoms with E-state index in [1.807, 2.05) is 29.1 Å². The molecule has 0 saturated carbocycles. The van der Waals surface area contributed by atoms with Gasteiger partial charge in [-0.3, -0.25) is 0 Å². The van der Waals surface area contributed by atoms with E-state index in [-0.39, 0.29) is 11.4 Å². The molecule has 5 nitrogen and oxygen atoms in total. The van der Waals surface area contributed by atoms with Crippen molar-refractivity contribution in [2.45, 2.75) is 24.3 Å². The van der Waals surface area contributed by atoms with Gasteiger partial charge in [0.15, 0.2) is 0 Å². The maximum absolute atomic E-state index is 12.8. The van der Waals surface area contributed by atoms with Crippen LogP contribution in [0.1, 0.15) is 22.9 Å². The Hall–Kier alpha value is -1.71. The standard InChI is InChI=1S/C19H21NO4S3/c1-3-24-17-7-6-16(11-14(17)2)27(22,23)20-13-19(21,15-8-10-25-12-15)18-5-4-9-26-18/h4-12,20-21H,3,13H2,1-2H3. The SMILES string of the molecule is CCOc1ccc(S(=O)(=O)NCC(O)(c2ccsc2)c2cccs2)cc1C. The molecular weight excluding hydrogens is 402 g/mol. The lowest BCUT2D eigenvalue weighted by molar-refractivity contribution is 0.0903. The van der Waals surface area contributed by atoms with Crippen molar-refractivity contribution in [1.29, 1.82) is 0 Å². The molecule has 0 aliphatic rings. The first kappa shape index (κ1) is 20.0. The lowest BCUT2D eigenvalue weighted by Gasteiger charge is -2.27. The molecule has 2 heterocycles. The van der Waals surface area contributed by atoms with Gasteiger partial charge in [0, 0.05) is 17.0 Å². The Kier molecular flexibility index (Phi) is 6.02. The zero-order chi connectivity index (χ0) is 19.5. The molecule has 0 spiro atoms. The molecule has 0 bridgehead atoms. The van der Waals surface area contributed by atoms with Crippen LogP contribution < -0.4 is 9.46 Å². The van der Waals surface area contributed by atoms with Crippen LogP contribution in [0.15, 0.2) is 57.4 Å². The number of sulfonamides is 1. The lowest BCUT2D eigenvalue weighted by Crippen LogP contribution is -2.40. The minimum atomic E-state index is -3.79. The molecule has 0 aliphatic heterocycles. The van der Waals surface area contributed by atoms with E-state index in [0.717, 1.165) is 5.56 Å². The predicted molar refractivity (Wildman–Crippen MR) is 109 cm³/mol. The van der Waals surface area contributed by atoms with Gasteiger partial charge in [0.2, 0.25) is 10.0 Å². The molecule has 1 unspecified atom stereocenters. The van der Waals surface area contributed by atoms with Crippen molar-refractivity contribution in [2.24, 2.45) is 0 Å². The number of hydrogen-bond donors (Lipinski definition) is 2. The van der Waals surface area contributed by atoms with Crippen molar-refractivity contribution in [2.75, 3.05) is 13.2 Å². The summed E-state index contributed by atoms with van der Waals surface area (Å²) < 4.78 is 33.6. The summed E-state index contributed by atoms with van der Waals surface area (Å²) in [5.41, 5.74) is -0.00624. The van der Waals surface area contributed by atoms with Crippen molar-refractivity contribution < 1.29 is 18.3 Å². The molecule has 8 heteroatoms. The van der Waals surface area contributed by atoms with Crippen LogP contribution in [-0.2, 0) is 15.6 Å². The number of rotatable bonds is 8. The molecule has 2 N–H and O–H groups in total. The molecule has 1 atom stereocenters. The Morgan fingerprint density at radius 2 is 2.04 bits per heavy atom. The average molecular weight is 424 g/mol. The monoisotopic (exact) mass is 423 g/mol. The fourth-order valence-corrected chi connectivity index (χ4v) is 5.45. The van der Waals surface area contributed by atoms with Crippen LogP contribution in [0.25, 0.3) is 0 Å². The van der Waals surface area contributed by atoms with Crippen LogP contribution in [0.2, 0.25) is 0 Å².